The van der Waals surface area contributed by atoms with Gasteiger partial charge in [0.15, 0.2) is 9.84 Å². The van der Waals surface area contributed by atoms with Crippen LogP contribution in [0.5, 0.6) is 5.75 Å². The van der Waals surface area contributed by atoms with Crippen LogP contribution in [0.4, 0.5) is 0 Å². The van der Waals surface area contributed by atoms with Gasteiger partial charge < -0.3 is 9.84 Å². The molecule has 0 fully saturated rings. The van der Waals surface area contributed by atoms with E-state index < -0.39 is 15.8 Å². The lowest BCUT2D eigenvalue weighted by Gasteiger charge is -2.05. The van der Waals surface area contributed by atoms with Crippen LogP contribution >= 0.6 is 0 Å². The average molecular weight is 307 g/mol. The van der Waals surface area contributed by atoms with E-state index in [1.54, 1.807) is 12.1 Å². The smallest absolute Gasteiger partial charge is 0.337 e. The van der Waals surface area contributed by atoms with Crippen molar-refractivity contribution in [2.75, 3.05) is 7.11 Å². The van der Waals surface area contributed by atoms with Gasteiger partial charge in [-0.05, 0) is 36.4 Å². The van der Waals surface area contributed by atoms with E-state index in [4.69, 9.17) is 9.84 Å². The molecule has 0 saturated heterocycles. The highest BCUT2D eigenvalue weighted by atomic mass is 32.2. The lowest BCUT2D eigenvalue weighted by molar-refractivity contribution is 0.0696. The van der Waals surface area contributed by atoms with Crippen molar-refractivity contribution in [1.29, 1.82) is 0 Å². The molecule has 0 aliphatic heterocycles. The third-order valence-electron chi connectivity index (χ3n) is 2.83. The Bertz CT molecular complexity index is 736. The zero-order chi connectivity index (χ0) is 15.5. The maximum absolute atomic E-state index is 12.2. The van der Waals surface area contributed by atoms with Crippen LogP contribution in [-0.4, -0.2) is 31.6 Å². The van der Waals surface area contributed by atoms with Crippen molar-refractivity contribution in [2.24, 2.45) is 0 Å². The summed E-state index contributed by atoms with van der Waals surface area (Å²) in [5.41, 5.74) is 0.302. The Morgan fingerprint density at radius 2 is 1.86 bits per heavy atom. The van der Waals surface area contributed by atoms with Gasteiger partial charge in [0.2, 0.25) is 0 Å². The molecule has 1 aromatic carbocycles. The summed E-state index contributed by atoms with van der Waals surface area (Å²) < 4.78 is 29.4. The minimum atomic E-state index is -3.54. The number of pyridine rings is 1. The molecular weight excluding hydrogens is 294 g/mol. The zero-order valence-electron chi connectivity index (χ0n) is 11.2. The van der Waals surface area contributed by atoms with Crippen LogP contribution in [0.1, 0.15) is 16.1 Å². The Labute approximate surface area is 121 Å². The van der Waals surface area contributed by atoms with E-state index in [1.807, 2.05) is 0 Å². The summed E-state index contributed by atoms with van der Waals surface area (Å²) in [6.45, 7) is 0. The second-order valence-corrected chi connectivity index (χ2v) is 6.27. The molecular formula is C14H13NO5S. The van der Waals surface area contributed by atoms with Crippen molar-refractivity contribution in [1.82, 2.24) is 4.98 Å². The number of methoxy groups -OCH3 is 1. The minimum absolute atomic E-state index is 0.0144. The highest BCUT2D eigenvalue weighted by Crippen LogP contribution is 2.19. The van der Waals surface area contributed by atoms with Gasteiger partial charge in [-0.25, -0.2) is 13.2 Å². The van der Waals surface area contributed by atoms with Gasteiger partial charge in [0, 0.05) is 6.20 Å². The predicted molar refractivity (Wildman–Crippen MR) is 75.1 cm³/mol. The molecule has 0 bridgehead atoms. The van der Waals surface area contributed by atoms with Crippen LogP contribution < -0.4 is 4.74 Å². The molecule has 0 aliphatic rings. The van der Waals surface area contributed by atoms with Crippen molar-refractivity contribution in [3.63, 3.8) is 0 Å². The summed E-state index contributed by atoms with van der Waals surface area (Å²) in [6.07, 6.45) is 1.14. The molecule has 0 aliphatic carbocycles. The quantitative estimate of drug-likeness (QED) is 0.904. The third kappa shape index (κ3) is 3.57. The zero-order valence-corrected chi connectivity index (χ0v) is 12.0. The average Bonchev–Trinajstić information content (AvgIpc) is 2.47. The SMILES string of the molecule is COc1ccc(S(=O)(=O)Cc2ccc(C(=O)O)cn2)cc1. The van der Waals surface area contributed by atoms with Crippen molar-refractivity contribution in [3.8, 4) is 5.75 Å². The number of nitrogens with zero attached hydrogens (tertiary/aromatic N) is 1. The van der Waals surface area contributed by atoms with Gasteiger partial charge in [-0.3, -0.25) is 4.98 Å². The number of carboxylic acid groups (broad SMARTS) is 1. The molecule has 1 aromatic heterocycles. The van der Waals surface area contributed by atoms with Gasteiger partial charge in [0.25, 0.3) is 0 Å². The Morgan fingerprint density at radius 3 is 2.33 bits per heavy atom. The summed E-state index contributed by atoms with van der Waals surface area (Å²) in [4.78, 5) is 14.7. The highest BCUT2D eigenvalue weighted by Gasteiger charge is 2.16. The molecule has 1 heterocycles. The predicted octanol–water partition coefficient (Wildman–Crippen LogP) is 1.76. The summed E-state index contributed by atoms with van der Waals surface area (Å²) in [5, 5.41) is 8.77. The first kappa shape index (κ1) is 15.0. The third-order valence-corrected chi connectivity index (χ3v) is 4.49. The van der Waals surface area contributed by atoms with Gasteiger partial charge in [-0.15, -0.1) is 0 Å². The Kier molecular flexibility index (Phi) is 4.23. The monoisotopic (exact) mass is 307 g/mol. The molecule has 21 heavy (non-hydrogen) atoms. The first-order chi connectivity index (χ1) is 9.92. The molecule has 110 valence electrons. The van der Waals surface area contributed by atoms with Crippen LogP contribution in [0.15, 0.2) is 47.5 Å². The van der Waals surface area contributed by atoms with Crippen molar-refractivity contribution >= 4 is 15.8 Å². The Hall–Kier alpha value is -2.41. The molecule has 1 N–H and O–H groups in total. The lowest BCUT2D eigenvalue weighted by atomic mass is 10.2. The number of hydrogen-bond acceptors (Lipinski definition) is 5. The molecule has 0 unspecified atom stereocenters. The largest absolute Gasteiger partial charge is 0.497 e. The van der Waals surface area contributed by atoms with E-state index in [2.05, 4.69) is 4.98 Å². The molecule has 0 atom stereocenters. The number of ether oxygens (including phenoxy) is 1. The fourth-order valence-corrected chi connectivity index (χ4v) is 2.98. The van der Waals surface area contributed by atoms with Gasteiger partial charge in [-0.2, -0.15) is 0 Å². The summed E-state index contributed by atoms with van der Waals surface area (Å²) in [7, 11) is -2.04. The highest BCUT2D eigenvalue weighted by molar-refractivity contribution is 7.90. The Balaban J connectivity index is 2.21. The van der Waals surface area contributed by atoms with E-state index >= 15 is 0 Å². The second-order valence-electron chi connectivity index (χ2n) is 4.28. The number of carboxylic acids is 1. The topological polar surface area (TPSA) is 93.6 Å². The second kappa shape index (κ2) is 5.92. The lowest BCUT2D eigenvalue weighted by Crippen LogP contribution is -2.07. The summed E-state index contributed by atoms with van der Waals surface area (Å²) in [5.74, 6) is -0.830. The molecule has 6 nitrogen and oxygen atoms in total. The summed E-state index contributed by atoms with van der Waals surface area (Å²) in [6, 6.07) is 8.76. The van der Waals surface area contributed by atoms with E-state index in [9.17, 15) is 13.2 Å². The number of aromatic carboxylic acids is 1. The van der Waals surface area contributed by atoms with Gasteiger partial charge in [-0.1, -0.05) is 0 Å². The van der Waals surface area contributed by atoms with Crippen LogP contribution in [-0.2, 0) is 15.6 Å². The first-order valence-corrected chi connectivity index (χ1v) is 7.62. The molecule has 0 saturated carbocycles. The number of aromatic nitrogens is 1. The van der Waals surface area contributed by atoms with Gasteiger partial charge in [0.05, 0.1) is 29.0 Å². The maximum Gasteiger partial charge on any atom is 0.337 e. The van der Waals surface area contributed by atoms with Crippen molar-refractivity contribution < 1.29 is 23.1 Å². The fourth-order valence-electron chi connectivity index (χ4n) is 1.70. The number of rotatable bonds is 5. The van der Waals surface area contributed by atoms with E-state index in [1.165, 1.54) is 31.4 Å². The molecule has 2 rings (SSSR count). The number of sulfone groups is 1. The maximum atomic E-state index is 12.2. The molecule has 2 aromatic rings. The molecule has 0 spiro atoms. The van der Waals surface area contributed by atoms with Crippen molar-refractivity contribution in [2.45, 2.75) is 10.6 Å². The van der Waals surface area contributed by atoms with Crippen molar-refractivity contribution in [3.05, 3.63) is 53.9 Å². The number of hydrogen-bond donors (Lipinski definition) is 1. The van der Waals surface area contributed by atoms with Crippen LogP contribution in [0.25, 0.3) is 0 Å². The molecule has 0 amide bonds. The standard InChI is InChI=1S/C14H13NO5S/c1-20-12-4-6-13(7-5-12)21(18,19)9-11-3-2-10(8-15-11)14(16)17/h2-8H,9H2,1H3,(H,16,17). The van der Waals surface area contributed by atoms with Gasteiger partial charge >= 0.3 is 5.97 Å². The van der Waals surface area contributed by atoms with E-state index in [0.29, 0.717) is 5.75 Å². The first-order valence-electron chi connectivity index (χ1n) is 5.97. The minimum Gasteiger partial charge on any atom is -0.497 e. The normalized spacial score (nSPS) is 11.1. The number of carbonyl (C=O) groups is 1. The van der Waals surface area contributed by atoms with Crippen LogP contribution in [0.2, 0.25) is 0 Å². The fraction of sp³-hybridized carbons (Fsp3) is 0.143. The Morgan fingerprint density at radius 1 is 1.19 bits per heavy atom. The summed E-state index contributed by atoms with van der Waals surface area (Å²) >= 11 is 0. The van der Waals surface area contributed by atoms with E-state index in [0.717, 1.165) is 6.20 Å². The van der Waals surface area contributed by atoms with E-state index in [-0.39, 0.29) is 21.9 Å². The molecule has 0 radical (unpaired) electrons. The molecule has 7 heteroatoms. The van der Waals surface area contributed by atoms with Gasteiger partial charge in [0.1, 0.15) is 5.75 Å². The number of benzene rings is 1. The van der Waals surface area contributed by atoms with Crippen LogP contribution in [0.3, 0.4) is 0 Å². The van der Waals surface area contributed by atoms with Crippen LogP contribution in [0, 0.1) is 0 Å².